The Balaban J connectivity index is 1.77. The molecule has 104 valence electrons. The third-order valence-electron chi connectivity index (χ3n) is 5.32. The summed E-state index contributed by atoms with van der Waals surface area (Å²) in [5, 5.41) is 3.72. The predicted molar refractivity (Wildman–Crippen MR) is 80.2 cm³/mol. The molecule has 1 saturated carbocycles. The molecule has 2 heteroatoms. The van der Waals surface area contributed by atoms with Gasteiger partial charge in [-0.15, -0.1) is 0 Å². The van der Waals surface area contributed by atoms with Crippen LogP contribution in [-0.4, -0.2) is 29.6 Å². The predicted octanol–water partition coefficient (Wildman–Crippen LogP) is 3.35. The fourth-order valence-electron chi connectivity index (χ4n) is 3.86. The van der Waals surface area contributed by atoms with Gasteiger partial charge in [0.15, 0.2) is 0 Å². The molecule has 1 aliphatic heterocycles. The van der Waals surface area contributed by atoms with Crippen molar-refractivity contribution in [3.8, 4) is 0 Å². The molecule has 2 nitrogen and oxygen atoms in total. The van der Waals surface area contributed by atoms with Crippen molar-refractivity contribution in [2.24, 2.45) is 0 Å². The Morgan fingerprint density at radius 2 is 2.00 bits per heavy atom. The van der Waals surface area contributed by atoms with E-state index >= 15 is 0 Å². The number of piperazine rings is 1. The van der Waals surface area contributed by atoms with Gasteiger partial charge in [-0.05, 0) is 38.2 Å². The highest BCUT2D eigenvalue weighted by atomic mass is 15.3. The summed E-state index contributed by atoms with van der Waals surface area (Å²) in [7, 11) is 0. The molecule has 1 aromatic carbocycles. The van der Waals surface area contributed by atoms with Crippen molar-refractivity contribution in [3.63, 3.8) is 0 Å². The van der Waals surface area contributed by atoms with E-state index in [0.717, 1.165) is 6.54 Å². The molecule has 0 spiro atoms. The molecule has 2 atom stereocenters. The SMILES string of the molecule is CCC1(N2CC(c3ccccc3)NCC2C)CCC1. The lowest BCUT2D eigenvalue weighted by Gasteiger charge is -2.55. The van der Waals surface area contributed by atoms with Crippen molar-refractivity contribution >= 4 is 0 Å². The van der Waals surface area contributed by atoms with Crippen LogP contribution in [0.25, 0.3) is 0 Å². The highest BCUT2D eigenvalue weighted by Gasteiger charge is 2.44. The quantitative estimate of drug-likeness (QED) is 0.894. The van der Waals surface area contributed by atoms with E-state index in [1.54, 1.807) is 0 Å². The summed E-state index contributed by atoms with van der Waals surface area (Å²) >= 11 is 0. The second kappa shape index (κ2) is 5.26. The second-order valence-electron chi connectivity index (χ2n) is 6.30. The molecule has 2 fully saturated rings. The molecule has 1 heterocycles. The first-order chi connectivity index (χ1) is 9.25. The Morgan fingerprint density at radius 3 is 2.58 bits per heavy atom. The normalized spacial score (nSPS) is 30.8. The van der Waals surface area contributed by atoms with Gasteiger partial charge < -0.3 is 5.32 Å². The topological polar surface area (TPSA) is 15.3 Å². The molecule has 2 aliphatic rings. The van der Waals surface area contributed by atoms with Gasteiger partial charge >= 0.3 is 0 Å². The Labute approximate surface area is 117 Å². The Bertz CT molecular complexity index is 405. The zero-order valence-corrected chi connectivity index (χ0v) is 12.2. The van der Waals surface area contributed by atoms with Gasteiger partial charge in [0.1, 0.15) is 0 Å². The van der Waals surface area contributed by atoms with E-state index < -0.39 is 0 Å². The summed E-state index contributed by atoms with van der Waals surface area (Å²) in [6.07, 6.45) is 5.52. The van der Waals surface area contributed by atoms with Crippen LogP contribution >= 0.6 is 0 Å². The number of nitrogens with zero attached hydrogens (tertiary/aromatic N) is 1. The summed E-state index contributed by atoms with van der Waals surface area (Å²) in [5.74, 6) is 0. The molecule has 1 aliphatic carbocycles. The van der Waals surface area contributed by atoms with Crippen molar-refractivity contribution in [2.75, 3.05) is 13.1 Å². The monoisotopic (exact) mass is 258 g/mol. The highest BCUT2D eigenvalue weighted by Crippen LogP contribution is 2.43. The maximum Gasteiger partial charge on any atom is 0.0450 e. The lowest BCUT2D eigenvalue weighted by atomic mass is 9.72. The van der Waals surface area contributed by atoms with Crippen LogP contribution in [0.2, 0.25) is 0 Å². The second-order valence-corrected chi connectivity index (χ2v) is 6.30. The molecule has 1 saturated heterocycles. The van der Waals surface area contributed by atoms with Crippen LogP contribution in [0.4, 0.5) is 0 Å². The molecule has 1 aromatic rings. The number of rotatable bonds is 3. The van der Waals surface area contributed by atoms with Gasteiger partial charge in [-0.2, -0.15) is 0 Å². The van der Waals surface area contributed by atoms with E-state index in [4.69, 9.17) is 0 Å². The van der Waals surface area contributed by atoms with Gasteiger partial charge in [0.25, 0.3) is 0 Å². The fraction of sp³-hybridized carbons (Fsp3) is 0.647. The molecule has 2 unspecified atom stereocenters. The zero-order chi connectivity index (χ0) is 13.3. The zero-order valence-electron chi connectivity index (χ0n) is 12.2. The summed E-state index contributed by atoms with van der Waals surface area (Å²) in [6, 6.07) is 12.1. The van der Waals surface area contributed by atoms with Gasteiger partial charge in [0.05, 0.1) is 0 Å². The smallest absolute Gasteiger partial charge is 0.0450 e. The minimum atomic E-state index is 0.501. The van der Waals surface area contributed by atoms with Crippen LogP contribution < -0.4 is 5.32 Å². The minimum absolute atomic E-state index is 0.501. The molecule has 0 radical (unpaired) electrons. The minimum Gasteiger partial charge on any atom is -0.307 e. The number of hydrogen-bond donors (Lipinski definition) is 1. The Morgan fingerprint density at radius 1 is 1.26 bits per heavy atom. The first-order valence-corrected chi connectivity index (χ1v) is 7.80. The standard InChI is InChI=1S/C17H26N2/c1-3-17(10-7-11-17)19-13-16(18-12-14(19)2)15-8-5-4-6-9-15/h4-6,8-9,14,16,18H,3,7,10-13H2,1-2H3. The molecular formula is C17H26N2. The first-order valence-electron chi connectivity index (χ1n) is 7.80. The molecule has 0 aromatic heterocycles. The summed E-state index contributed by atoms with van der Waals surface area (Å²) in [6.45, 7) is 7.02. The maximum atomic E-state index is 3.72. The highest BCUT2D eigenvalue weighted by molar-refractivity contribution is 5.20. The van der Waals surface area contributed by atoms with Gasteiger partial charge in [-0.3, -0.25) is 4.90 Å². The average Bonchev–Trinajstić information content (AvgIpc) is 2.41. The number of benzene rings is 1. The van der Waals surface area contributed by atoms with E-state index in [1.807, 2.05) is 0 Å². The number of nitrogens with one attached hydrogen (secondary N) is 1. The Kier molecular flexibility index (Phi) is 3.64. The van der Waals surface area contributed by atoms with Gasteiger partial charge in [0, 0.05) is 30.7 Å². The van der Waals surface area contributed by atoms with Crippen LogP contribution in [0.3, 0.4) is 0 Å². The summed E-state index contributed by atoms with van der Waals surface area (Å²) in [4.78, 5) is 2.80. The van der Waals surface area contributed by atoms with Crippen LogP contribution in [-0.2, 0) is 0 Å². The third-order valence-corrected chi connectivity index (χ3v) is 5.32. The Hall–Kier alpha value is -0.860. The molecule has 19 heavy (non-hydrogen) atoms. The van der Waals surface area contributed by atoms with Crippen molar-refractivity contribution in [1.29, 1.82) is 0 Å². The lowest BCUT2D eigenvalue weighted by Crippen LogP contribution is -2.63. The molecule has 0 bridgehead atoms. The lowest BCUT2D eigenvalue weighted by molar-refractivity contribution is -0.0382. The van der Waals surface area contributed by atoms with Gasteiger partial charge in [-0.1, -0.05) is 37.3 Å². The molecule has 1 N–H and O–H groups in total. The molecular weight excluding hydrogens is 232 g/mol. The molecule has 3 rings (SSSR count). The van der Waals surface area contributed by atoms with E-state index in [1.165, 1.54) is 37.8 Å². The van der Waals surface area contributed by atoms with E-state index in [0.29, 0.717) is 17.6 Å². The van der Waals surface area contributed by atoms with E-state index in [9.17, 15) is 0 Å². The van der Waals surface area contributed by atoms with E-state index in [-0.39, 0.29) is 0 Å². The summed E-state index contributed by atoms with van der Waals surface area (Å²) in [5.41, 5.74) is 1.94. The largest absolute Gasteiger partial charge is 0.307 e. The van der Waals surface area contributed by atoms with Crippen molar-refractivity contribution < 1.29 is 0 Å². The van der Waals surface area contributed by atoms with Crippen LogP contribution in [0, 0.1) is 0 Å². The van der Waals surface area contributed by atoms with Crippen molar-refractivity contribution in [3.05, 3.63) is 35.9 Å². The maximum absolute atomic E-state index is 3.72. The molecule has 0 amide bonds. The third kappa shape index (κ3) is 2.32. The van der Waals surface area contributed by atoms with Crippen LogP contribution in [0.1, 0.15) is 51.1 Å². The summed E-state index contributed by atoms with van der Waals surface area (Å²) < 4.78 is 0. The van der Waals surface area contributed by atoms with Crippen LogP contribution in [0.15, 0.2) is 30.3 Å². The fourth-order valence-corrected chi connectivity index (χ4v) is 3.86. The van der Waals surface area contributed by atoms with Crippen molar-refractivity contribution in [2.45, 2.75) is 57.2 Å². The first kappa shape index (κ1) is 13.1. The van der Waals surface area contributed by atoms with Gasteiger partial charge in [-0.25, -0.2) is 0 Å². The number of hydrogen-bond acceptors (Lipinski definition) is 2. The van der Waals surface area contributed by atoms with Crippen LogP contribution in [0.5, 0.6) is 0 Å². The van der Waals surface area contributed by atoms with E-state index in [2.05, 4.69) is 54.4 Å². The average molecular weight is 258 g/mol. The van der Waals surface area contributed by atoms with Gasteiger partial charge in [0.2, 0.25) is 0 Å². The van der Waals surface area contributed by atoms with Crippen molar-refractivity contribution in [1.82, 2.24) is 10.2 Å².